The van der Waals surface area contributed by atoms with Gasteiger partial charge in [0.05, 0.1) is 12.1 Å². The van der Waals surface area contributed by atoms with Gasteiger partial charge in [-0.2, -0.15) is 26.3 Å². The minimum Gasteiger partial charge on any atom is -0.323 e. The molecule has 0 heterocycles. The third-order valence-electron chi connectivity index (χ3n) is 2.95. The van der Waals surface area contributed by atoms with Crippen molar-refractivity contribution in [2.24, 2.45) is 5.73 Å². The largest absolute Gasteiger partial charge is 0.416 e. The predicted octanol–water partition coefficient (Wildman–Crippen LogP) is 3.59. The van der Waals surface area contributed by atoms with Crippen LogP contribution >= 0.6 is 0 Å². The average Bonchev–Trinajstić information content (AvgIpc) is 2.35. The second kappa shape index (κ2) is 6.65. The second-order valence-corrected chi connectivity index (χ2v) is 4.67. The van der Waals surface area contributed by atoms with E-state index in [9.17, 15) is 26.3 Å². The molecule has 1 aromatic rings. The summed E-state index contributed by atoms with van der Waals surface area (Å²) in [5, 5.41) is 0. The Balaban J connectivity index is 2.81. The van der Waals surface area contributed by atoms with Crippen LogP contribution in [0.25, 0.3) is 0 Å². The van der Waals surface area contributed by atoms with Crippen molar-refractivity contribution in [3.05, 3.63) is 35.4 Å². The Labute approximate surface area is 118 Å². The van der Waals surface area contributed by atoms with E-state index in [1.165, 1.54) is 19.1 Å². The van der Waals surface area contributed by atoms with Crippen LogP contribution in [0.3, 0.4) is 0 Å². The van der Waals surface area contributed by atoms with E-state index in [1.54, 1.807) is 0 Å². The van der Waals surface area contributed by atoms with E-state index in [4.69, 9.17) is 5.73 Å². The highest BCUT2D eigenvalue weighted by Gasteiger charge is 2.32. The lowest BCUT2D eigenvalue weighted by Crippen LogP contribution is -2.38. The molecule has 0 fully saturated rings. The monoisotopic (exact) mass is 314 g/mol. The zero-order valence-electron chi connectivity index (χ0n) is 11.3. The van der Waals surface area contributed by atoms with Crippen LogP contribution in [0.4, 0.5) is 26.3 Å². The molecule has 1 aromatic carbocycles. The summed E-state index contributed by atoms with van der Waals surface area (Å²) in [6.45, 7) is 0.324. The number of nitrogens with two attached hydrogens (primary N) is 1. The maximum Gasteiger partial charge on any atom is 0.416 e. The van der Waals surface area contributed by atoms with Crippen LogP contribution in [0.2, 0.25) is 0 Å². The normalized spacial score (nSPS) is 14.5. The summed E-state index contributed by atoms with van der Waals surface area (Å²) < 4.78 is 74.8. The Morgan fingerprint density at radius 3 is 2.24 bits per heavy atom. The quantitative estimate of drug-likeness (QED) is 0.842. The molecule has 2 N–H and O–H groups in total. The lowest BCUT2D eigenvalue weighted by Gasteiger charge is -2.25. The van der Waals surface area contributed by atoms with Crippen LogP contribution in [-0.2, 0) is 6.18 Å². The van der Waals surface area contributed by atoms with Gasteiger partial charge in [-0.05, 0) is 24.2 Å². The molecule has 120 valence electrons. The van der Waals surface area contributed by atoms with Crippen LogP contribution in [0.1, 0.15) is 24.1 Å². The van der Waals surface area contributed by atoms with Crippen molar-refractivity contribution >= 4 is 0 Å². The predicted molar refractivity (Wildman–Crippen MR) is 66.5 cm³/mol. The summed E-state index contributed by atoms with van der Waals surface area (Å²) in [6, 6.07) is 3.41. The third-order valence-corrected chi connectivity index (χ3v) is 2.95. The van der Waals surface area contributed by atoms with Crippen molar-refractivity contribution in [2.75, 3.05) is 19.6 Å². The first-order chi connectivity index (χ1) is 9.53. The molecule has 0 spiro atoms. The van der Waals surface area contributed by atoms with Crippen molar-refractivity contribution in [2.45, 2.75) is 25.3 Å². The summed E-state index contributed by atoms with van der Waals surface area (Å²) in [5.74, 6) is 0. The number of halogens is 6. The van der Waals surface area contributed by atoms with Crippen LogP contribution < -0.4 is 5.73 Å². The van der Waals surface area contributed by atoms with E-state index < -0.39 is 30.5 Å². The molecular formula is C13H16F6N2. The minimum absolute atomic E-state index is 0.103. The van der Waals surface area contributed by atoms with E-state index in [1.807, 2.05) is 0 Å². The van der Waals surface area contributed by atoms with Gasteiger partial charge in [-0.15, -0.1) is 0 Å². The molecule has 1 rings (SSSR count). The molecule has 0 aliphatic carbocycles. The number of rotatable bonds is 5. The molecule has 0 aliphatic rings. The van der Waals surface area contributed by atoms with Gasteiger partial charge >= 0.3 is 12.4 Å². The van der Waals surface area contributed by atoms with Gasteiger partial charge in [0.25, 0.3) is 0 Å². The number of benzene rings is 1. The van der Waals surface area contributed by atoms with Gasteiger partial charge in [-0.1, -0.05) is 19.1 Å². The molecule has 21 heavy (non-hydrogen) atoms. The van der Waals surface area contributed by atoms with E-state index in [2.05, 4.69) is 0 Å². The molecule has 2 nitrogen and oxygen atoms in total. The van der Waals surface area contributed by atoms with Crippen molar-refractivity contribution in [3.63, 3.8) is 0 Å². The number of alkyl halides is 6. The summed E-state index contributed by atoms with van der Waals surface area (Å²) in [5.41, 5.74) is 5.02. The molecule has 1 atom stereocenters. The molecular weight excluding hydrogens is 298 g/mol. The summed E-state index contributed by atoms with van der Waals surface area (Å²) in [6.07, 6.45) is -8.88. The fraction of sp³-hybridized carbons (Fsp3) is 0.538. The van der Waals surface area contributed by atoms with Gasteiger partial charge in [0.15, 0.2) is 0 Å². The molecule has 0 aromatic heterocycles. The zero-order valence-corrected chi connectivity index (χ0v) is 11.3. The van der Waals surface area contributed by atoms with Crippen LogP contribution in [0.5, 0.6) is 0 Å². The number of nitrogens with zero attached hydrogens (tertiary/aromatic N) is 1. The van der Waals surface area contributed by atoms with Gasteiger partial charge in [0.2, 0.25) is 0 Å². The molecule has 0 radical (unpaired) electrons. The van der Waals surface area contributed by atoms with Gasteiger partial charge in [0.1, 0.15) is 0 Å². The van der Waals surface area contributed by atoms with Crippen molar-refractivity contribution < 1.29 is 26.3 Å². The number of hydrogen-bond donors (Lipinski definition) is 1. The molecule has 0 saturated heterocycles. The molecule has 0 aliphatic heterocycles. The summed E-state index contributed by atoms with van der Waals surface area (Å²) >= 11 is 0. The lowest BCUT2D eigenvalue weighted by molar-refractivity contribution is -0.145. The Bertz CT molecular complexity index is 455. The Morgan fingerprint density at radius 2 is 1.76 bits per heavy atom. The summed E-state index contributed by atoms with van der Waals surface area (Å²) in [7, 11) is 0. The van der Waals surface area contributed by atoms with Crippen molar-refractivity contribution in [1.29, 1.82) is 0 Å². The first-order valence-electron chi connectivity index (χ1n) is 6.24. The Kier molecular flexibility index (Phi) is 5.63. The van der Waals surface area contributed by atoms with Gasteiger partial charge < -0.3 is 5.73 Å². The second-order valence-electron chi connectivity index (χ2n) is 4.67. The highest BCUT2D eigenvalue weighted by atomic mass is 19.4. The summed E-state index contributed by atoms with van der Waals surface area (Å²) in [4.78, 5) is 1.05. The van der Waals surface area contributed by atoms with Gasteiger partial charge in [-0.3, -0.25) is 4.90 Å². The van der Waals surface area contributed by atoms with Gasteiger partial charge in [-0.25, -0.2) is 0 Å². The highest BCUT2D eigenvalue weighted by Crippen LogP contribution is 2.30. The van der Waals surface area contributed by atoms with Crippen LogP contribution in [-0.4, -0.2) is 30.7 Å². The highest BCUT2D eigenvalue weighted by molar-refractivity contribution is 5.28. The maximum atomic E-state index is 12.6. The zero-order chi connectivity index (χ0) is 16.3. The SMILES string of the molecule is CCN(CC(N)c1cccc(C(F)(F)F)c1)CC(F)(F)F. The molecule has 0 bridgehead atoms. The van der Waals surface area contributed by atoms with Crippen LogP contribution in [0.15, 0.2) is 24.3 Å². The number of hydrogen-bond acceptors (Lipinski definition) is 2. The first kappa shape index (κ1) is 17.8. The van der Waals surface area contributed by atoms with Crippen molar-refractivity contribution in [3.8, 4) is 0 Å². The van der Waals surface area contributed by atoms with E-state index in [0.717, 1.165) is 17.0 Å². The maximum absolute atomic E-state index is 12.6. The Morgan fingerprint density at radius 1 is 1.14 bits per heavy atom. The standard InChI is InChI=1S/C13H16F6N2/c1-2-21(8-12(14,15)16)7-11(20)9-4-3-5-10(6-9)13(17,18)19/h3-6,11H,2,7-8,20H2,1H3. The molecule has 0 amide bonds. The Hall–Kier alpha value is -1.28. The smallest absolute Gasteiger partial charge is 0.323 e. The fourth-order valence-corrected chi connectivity index (χ4v) is 1.89. The minimum atomic E-state index is -4.51. The van der Waals surface area contributed by atoms with E-state index >= 15 is 0 Å². The lowest BCUT2D eigenvalue weighted by atomic mass is 10.0. The van der Waals surface area contributed by atoms with E-state index in [0.29, 0.717) is 0 Å². The van der Waals surface area contributed by atoms with Crippen molar-refractivity contribution in [1.82, 2.24) is 4.90 Å². The number of likely N-dealkylation sites (N-methyl/N-ethyl adjacent to an activating group) is 1. The topological polar surface area (TPSA) is 29.3 Å². The molecule has 8 heteroatoms. The average molecular weight is 314 g/mol. The van der Waals surface area contributed by atoms with Crippen LogP contribution in [0, 0.1) is 0 Å². The fourth-order valence-electron chi connectivity index (χ4n) is 1.89. The molecule has 1 unspecified atom stereocenters. The van der Waals surface area contributed by atoms with E-state index in [-0.39, 0.29) is 18.7 Å². The molecule has 0 saturated carbocycles. The van der Waals surface area contributed by atoms with Gasteiger partial charge in [0, 0.05) is 12.6 Å². The first-order valence-corrected chi connectivity index (χ1v) is 6.24. The third kappa shape index (κ3) is 5.92.